The average molecular weight is 215 g/mol. The Kier molecular flexibility index (Phi) is 3.71. The van der Waals surface area contributed by atoms with Crippen molar-refractivity contribution in [1.82, 2.24) is 4.98 Å². The topological polar surface area (TPSA) is 65.2 Å². The Morgan fingerprint density at radius 3 is 2.93 bits per heavy atom. The van der Waals surface area contributed by atoms with E-state index in [9.17, 15) is 4.79 Å². The van der Waals surface area contributed by atoms with E-state index in [0.717, 1.165) is 0 Å². The van der Waals surface area contributed by atoms with Gasteiger partial charge < -0.3 is 10.5 Å². The Bertz CT molecular complexity index is 342. The van der Waals surface area contributed by atoms with Gasteiger partial charge in [-0.3, -0.25) is 0 Å². The molecule has 0 aliphatic rings. The summed E-state index contributed by atoms with van der Waals surface area (Å²) in [6.07, 6.45) is 0. The molecule has 0 fully saturated rings. The fraction of sp³-hybridized carbons (Fsp3) is 0.333. The van der Waals surface area contributed by atoms with Crippen LogP contribution in [0.2, 0.25) is 0 Å². The second-order valence-electron chi connectivity index (χ2n) is 2.63. The van der Waals surface area contributed by atoms with Crippen LogP contribution in [0.15, 0.2) is 12.1 Å². The van der Waals surface area contributed by atoms with Gasteiger partial charge in [0, 0.05) is 5.69 Å². The SMILES string of the molecule is CCOC(=O)c1cc(N)cc(CCl)n1. The Balaban J connectivity index is 2.96. The summed E-state index contributed by atoms with van der Waals surface area (Å²) in [5.74, 6) is -0.261. The maximum absolute atomic E-state index is 11.3. The van der Waals surface area contributed by atoms with Crippen LogP contribution in [-0.4, -0.2) is 17.6 Å². The Hall–Kier alpha value is -1.29. The number of pyridine rings is 1. The number of halogens is 1. The van der Waals surface area contributed by atoms with Crippen molar-refractivity contribution in [2.75, 3.05) is 12.3 Å². The molecule has 76 valence electrons. The van der Waals surface area contributed by atoms with Crippen molar-refractivity contribution in [2.45, 2.75) is 12.8 Å². The first-order valence-electron chi connectivity index (χ1n) is 4.17. The normalized spacial score (nSPS) is 9.86. The highest BCUT2D eigenvalue weighted by molar-refractivity contribution is 6.16. The summed E-state index contributed by atoms with van der Waals surface area (Å²) in [7, 11) is 0. The lowest BCUT2D eigenvalue weighted by atomic mass is 10.3. The molecule has 2 N–H and O–H groups in total. The van der Waals surface area contributed by atoms with Gasteiger partial charge in [-0.25, -0.2) is 9.78 Å². The zero-order valence-corrected chi connectivity index (χ0v) is 8.54. The molecular formula is C9H11ClN2O2. The van der Waals surface area contributed by atoms with Gasteiger partial charge >= 0.3 is 5.97 Å². The first-order valence-corrected chi connectivity index (χ1v) is 4.70. The largest absolute Gasteiger partial charge is 0.461 e. The third-order valence-corrected chi connectivity index (χ3v) is 1.80. The monoisotopic (exact) mass is 214 g/mol. The lowest BCUT2D eigenvalue weighted by Gasteiger charge is -2.03. The first-order chi connectivity index (χ1) is 6.67. The van der Waals surface area contributed by atoms with E-state index < -0.39 is 5.97 Å². The van der Waals surface area contributed by atoms with Crippen LogP contribution in [0.4, 0.5) is 5.69 Å². The molecule has 0 unspecified atom stereocenters. The van der Waals surface area contributed by atoms with Gasteiger partial charge in [0.25, 0.3) is 0 Å². The van der Waals surface area contributed by atoms with E-state index >= 15 is 0 Å². The van der Waals surface area contributed by atoms with Gasteiger partial charge in [0.05, 0.1) is 18.2 Å². The minimum Gasteiger partial charge on any atom is -0.461 e. The number of esters is 1. The lowest BCUT2D eigenvalue weighted by Crippen LogP contribution is -2.09. The van der Waals surface area contributed by atoms with Gasteiger partial charge in [0.2, 0.25) is 0 Å². The summed E-state index contributed by atoms with van der Waals surface area (Å²) in [4.78, 5) is 15.3. The predicted molar refractivity (Wildman–Crippen MR) is 54.2 cm³/mol. The van der Waals surface area contributed by atoms with Crippen LogP contribution >= 0.6 is 11.6 Å². The fourth-order valence-electron chi connectivity index (χ4n) is 0.989. The predicted octanol–water partition coefficient (Wildman–Crippen LogP) is 1.58. The van der Waals surface area contributed by atoms with Crippen LogP contribution in [0.3, 0.4) is 0 Å². The van der Waals surface area contributed by atoms with E-state index in [4.69, 9.17) is 22.1 Å². The molecule has 14 heavy (non-hydrogen) atoms. The minimum atomic E-state index is -0.480. The second kappa shape index (κ2) is 4.81. The maximum Gasteiger partial charge on any atom is 0.356 e. The Labute approximate surface area is 87.0 Å². The number of hydrogen-bond donors (Lipinski definition) is 1. The number of alkyl halides is 1. The number of nitrogen functional groups attached to an aromatic ring is 1. The van der Waals surface area contributed by atoms with Crippen LogP contribution in [0.5, 0.6) is 0 Å². The Morgan fingerprint density at radius 1 is 1.64 bits per heavy atom. The average Bonchev–Trinajstić information content (AvgIpc) is 2.17. The molecule has 0 radical (unpaired) electrons. The van der Waals surface area contributed by atoms with Crippen LogP contribution < -0.4 is 5.73 Å². The fourth-order valence-corrected chi connectivity index (χ4v) is 1.13. The third kappa shape index (κ3) is 2.60. The molecule has 0 saturated carbocycles. The van der Waals surface area contributed by atoms with Crippen molar-refractivity contribution in [3.05, 3.63) is 23.5 Å². The molecule has 0 bridgehead atoms. The highest BCUT2D eigenvalue weighted by Crippen LogP contribution is 2.10. The van der Waals surface area contributed by atoms with Crippen molar-refractivity contribution in [1.29, 1.82) is 0 Å². The van der Waals surface area contributed by atoms with Gasteiger partial charge in [-0.05, 0) is 19.1 Å². The van der Waals surface area contributed by atoms with Gasteiger partial charge in [-0.1, -0.05) is 0 Å². The van der Waals surface area contributed by atoms with Crippen LogP contribution in [0.25, 0.3) is 0 Å². The summed E-state index contributed by atoms with van der Waals surface area (Å²) >= 11 is 5.58. The Morgan fingerprint density at radius 2 is 2.36 bits per heavy atom. The van der Waals surface area contributed by atoms with Gasteiger partial charge in [-0.2, -0.15) is 0 Å². The quantitative estimate of drug-likeness (QED) is 0.613. The van der Waals surface area contributed by atoms with E-state index in [1.165, 1.54) is 6.07 Å². The van der Waals surface area contributed by atoms with Gasteiger partial charge in [0.1, 0.15) is 0 Å². The standard InChI is InChI=1S/C9H11ClN2O2/c1-2-14-9(13)8-4-6(11)3-7(5-10)12-8/h3-4H,2,5H2,1H3,(H2,11,12). The van der Waals surface area contributed by atoms with Gasteiger partial charge in [-0.15, -0.1) is 11.6 Å². The molecule has 4 nitrogen and oxygen atoms in total. The number of anilines is 1. The van der Waals surface area contributed by atoms with E-state index in [1.54, 1.807) is 13.0 Å². The molecule has 0 atom stereocenters. The molecule has 0 aliphatic heterocycles. The van der Waals surface area contributed by atoms with E-state index in [1.807, 2.05) is 0 Å². The highest BCUT2D eigenvalue weighted by Gasteiger charge is 2.09. The van der Waals surface area contributed by atoms with Crippen LogP contribution in [0, 0.1) is 0 Å². The van der Waals surface area contributed by atoms with Crippen molar-refractivity contribution in [2.24, 2.45) is 0 Å². The number of aromatic nitrogens is 1. The van der Waals surface area contributed by atoms with Crippen LogP contribution in [0.1, 0.15) is 23.1 Å². The third-order valence-electron chi connectivity index (χ3n) is 1.52. The van der Waals surface area contributed by atoms with Crippen LogP contribution in [-0.2, 0) is 10.6 Å². The number of nitrogens with two attached hydrogens (primary N) is 1. The molecule has 0 aliphatic carbocycles. The van der Waals surface area contributed by atoms with E-state index in [2.05, 4.69) is 4.98 Å². The molecule has 0 saturated heterocycles. The highest BCUT2D eigenvalue weighted by atomic mass is 35.5. The summed E-state index contributed by atoms with van der Waals surface area (Å²) in [5.41, 5.74) is 6.78. The molecule has 1 aromatic rings. The number of rotatable bonds is 3. The molecule has 1 aromatic heterocycles. The number of carbonyl (C=O) groups is 1. The van der Waals surface area contributed by atoms with Crippen molar-refractivity contribution < 1.29 is 9.53 Å². The smallest absolute Gasteiger partial charge is 0.356 e. The molecule has 0 spiro atoms. The molecule has 1 heterocycles. The molecule has 0 amide bonds. The zero-order chi connectivity index (χ0) is 10.6. The summed E-state index contributed by atoms with van der Waals surface area (Å²) in [5, 5.41) is 0. The number of hydrogen-bond acceptors (Lipinski definition) is 4. The maximum atomic E-state index is 11.3. The number of carbonyl (C=O) groups excluding carboxylic acids is 1. The van der Waals surface area contributed by atoms with E-state index in [-0.39, 0.29) is 11.6 Å². The molecule has 5 heteroatoms. The van der Waals surface area contributed by atoms with Crippen molar-refractivity contribution in [3.63, 3.8) is 0 Å². The number of ether oxygens (including phenoxy) is 1. The molecule has 0 aromatic carbocycles. The summed E-state index contributed by atoms with van der Waals surface area (Å²) < 4.78 is 4.78. The zero-order valence-electron chi connectivity index (χ0n) is 7.79. The summed E-state index contributed by atoms with van der Waals surface area (Å²) in [6, 6.07) is 3.09. The minimum absolute atomic E-state index is 0.197. The first kappa shape index (κ1) is 10.8. The van der Waals surface area contributed by atoms with E-state index in [0.29, 0.717) is 18.0 Å². The molecular weight excluding hydrogens is 204 g/mol. The van der Waals surface area contributed by atoms with Crippen molar-refractivity contribution in [3.8, 4) is 0 Å². The second-order valence-corrected chi connectivity index (χ2v) is 2.90. The molecule has 1 rings (SSSR count). The van der Waals surface area contributed by atoms with Gasteiger partial charge in [0.15, 0.2) is 5.69 Å². The lowest BCUT2D eigenvalue weighted by molar-refractivity contribution is 0.0519. The van der Waals surface area contributed by atoms with Crippen molar-refractivity contribution >= 4 is 23.3 Å². The number of nitrogens with zero attached hydrogens (tertiary/aromatic N) is 1. The summed E-state index contributed by atoms with van der Waals surface area (Å²) in [6.45, 7) is 2.04.